The van der Waals surface area contributed by atoms with E-state index in [-0.39, 0.29) is 5.91 Å². The third-order valence-electron chi connectivity index (χ3n) is 2.12. The molecule has 62 valence electrons. The van der Waals surface area contributed by atoms with Crippen LogP contribution in [0.2, 0.25) is 0 Å². The number of hydrogen-bond acceptors (Lipinski definition) is 1. The minimum atomic E-state index is 0.107. The van der Waals surface area contributed by atoms with Crippen molar-refractivity contribution < 1.29 is 4.79 Å². The maximum Gasteiger partial charge on any atom is 0.228 e. The molecule has 1 aliphatic carbocycles. The van der Waals surface area contributed by atoms with Crippen molar-refractivity contribution >= 4 is 5.91 Å². The molecule has 0 atom stereocenters. The number of hydrogen-bond donors (Lipinski definition) is 1. The Morgan fingerprint density at radius 3 is 3.17 bits per heavy atom. The molecule has 2 heteroatoms. The van der Waals surface area contributed by atoms with Crippen LogP contribution in [0.3, 0.4) is 0 Å². The van der Waals surface area contributed by atoms with Crippen molar-refractivity contribution in [3.05, 3.63) is 35.1 Å². The Labute approximate surface area is 71.7 Å². The van der Waals surface area contributed by atoms with E-state index in [4.69, 9.17) is 0 Å². The number of allylic oxidation sites excluding steroid dienone is 4. The van der Waals surface area contributed by atoms with E-state index in [0.717, 1.165) is 17.7 Å². The highest BCUT2D eigenvalue weighted by Crippen LogP contribution is 2.22. The Kier molecular flexibility index (Phi) is 1.61. The molecule has 0 saturated carbocycles. The molecule has 2 nitrogen and oxygen atoms in total. The minimum Gasteiger partial charge on any atom is -0.326 e. The van der Waals surface area contributed by atoms with E-state index in [0.29, 0.717) is 6.42 Å². The summed E-state index contributed by atoms with van der Waals surface area (Å²) < 4.78 is 0. The van der Waals surface area contributed by atoms with Crippen LogP contribution in [0.5, 0.6) is 0 Å². The predicted molar refractivity (Wildman–Crippen MR) is 47.3 cm³/mol. The summed E-state index contributed by atoms with van der Waals surface area (Å²) in [5.41, 5.74) is 3.43. The Bertz CT molecular complexity index is 321. The van der Waals surface area contributed by atoms with Crippen LogP contribution in [0.1, 0.15) is 19.8 Å². The first-order valence-corrected chi connectivity index (χ1v) is 4.12. The summed E-state index contributed by atoms with van der Waals surface area (Å²) in [7, 11) is 0. The topological polar surface area (TPSA) is 29.1 Å². The van der Waals surface area contributed by atoms with Crippen LogP contribution < -0.4 is 5.32 Å². The van der Waals surface area contributed by atoms with Crippen LogP contribution >= 0.6 is 0 Å². The second-order valence-electron chi connectivity index (χ2n) is 3.26. The van der Waals surface area contributed by atoms with Crippen molar-refractivity contribution in [3.63, 3.8) is 0 Å². The Morgan fingerprint density at radius 2 is 2.33 bits per heavy atom. The van der Waals surface area contributed by atoms with Crippen molar-refractivity contribution in [2.45, 2.75) is 19.8 Å². The molecule has 2 rings (SSSR count). The minimum absolute atomic E-state index is 0.107. The van der Waals surface area contributed by atoms with E-state index < -0.39 is 0 Å². The Balaban J connectivity index is 2.37. The average Bonchev–Trinajstić information content (AvgIpc) is 2.23. The quantitative estimate of drug-likeness (QED) is 0.575. The second kappa shape index (κ2) is 2.63. The van der Waals surface area contributed by atoms with Gasteiger partial charge in [-0.2, -0.15) is 0 Å². The lowest BCUT2D eigenvalue weighted by Crippen LogP contribution is -2.13. The molecule has 0 saturated heterocycles. The van der Waals surface area contributed by atoms with Crippen molar-refractivity contribution in [3.8, 4) is 0 Å². The summed E-state index contributed by atoms with van der Waals surface area (Å²) >= 11 is 0. The number of carbonyl (C=O) groups is 1. The van der Waals surface area contributed by atoms with Gasteiger partial charge in [-0.25, -0.2) is 0 Å². The van der Waals surface area contributed by atoms with Crippen LogP contribution in [-0.2, 0) is 4.79 Å². The molecular weight excluding hydrogens is 150 g/mol. The molecule has 0 aromatic heterocycles. The summed E-state index contributed by atoms with van der Waals surface area (Å²) in [4.78, 5) is 11.0. The molecule has 1 N–H and O–H groups in total. The van der Waals surface area contributed by atoms with E-state index in [1.165, 1.54) is 5.57 Å². The molecule has 0 radical (unpaired) electrons. The molecule has 0 aromatic carbocycles. The number of amides is 1. The third kappa shape index (κ3) is 1.20. The molecular formula is C10H11NO. The number of carbonyl (C=O) groups excluding carboxylic acids is 1. The van der Waals surface area contributed by atoms with Crippen molar-refractivity contribution in [1.29, 1.82) is 0 Å². The zero-order valence-corrected chi connectivity index (χ0v) is 7.05. The highest BCUT2D eigenvalue weighted by Gasteiger charge is 2.18. The average molecular weight is 161 g/mol. The highest BCUT2D eigenvalue weighted by molar-refractivity contribution is 5.86. The van der Waals surface area contributed by atoms with E-state index in [1.54, 1.807) is 0 Å². The first-order valence-electron chi connectivity index (χ1n) is 4.12. The molecule has 1 heterocycles. The van der Waals surface area contributed by atoms with Crippen LogP contribution in [0.25, 0.3) is 0 Å². The van der Waals surface area contributed by atoms with Crippen molar-refractivity contribution in [2.75, 3.05) is 0 Å². The lowest BCUT2D eigenvalue weighted by Gasteiger charge is -1.93. The van der Waals surface area contributed by atoms with Gasteiger partial charge in [-0.15, -0.1) is 0 Å². The first kappa shape index (κ1) is 7.35. The molecule has 12 heavy (non-hydrogen) atoms. The molecule has 0 fully saturated rings. The van der Waals surface area contributed by atoms with Gasteiger partial charge in [0.05, 0.1) is 6.42 Å². The highest BCUT2D eigenvalue weighted by atomic mass is 16.1. The lowest BCUT2D eigenvalue weighted by atomic mass is 10.1. The zero-order chi connectivity index (χ0) is 8.55. The van der Waals surface area contributed by atoms with Crippen molar-refractivity contribution in [2.24, 2.45) is 0 Å². The van der Waals surface area contributed by atoms with Crippen molar-refractivity contribution in [1.82, 2.24) is 5.32 Å². The molecule has 0 aromatic rings. The monoisotopic (exact) mass is 161 g/mol. The normalized spacial score (nSPS) is 21.8. The van der Waals surface area contributed by atoms with E-state index in [2.05, 4.69) is 24.4 Å². The van der Waals surface area contributed by atoms with E-state index >= 15 is 0 Å². The molecule has 0 bridgehead atoms. The van der Waals surface area contributed by atoms with Gasteiger partial charge in [0, 0.05) is 5.70 Å². The maximum absolute atomic E-state index is 11.0. The summed E-state index contributed by atoms with van der Waals surface area (Å²) in [6, 6.07) is 0. The van der Waals surface area contributed by atoms with Gasteiger partial charge in [-0.1, -0.05) is 17.7 Å². The summed E-state index contributed by atoms with van der Waals surface area (Å²) in [5, 5.41) is 2.83. The molecule has 0 spiro atoms. The van der Waals surface area contributed by atoms with Gasteiger partial charge in [0.1, 0.15) is 0 Å². The number of nitrogens with one attached hydrogen (secondary N) is 1. The predicted octanol–water partition coefficient (Wildman–Crippen LogP) is 1.67. The Hall–Kier alpha value is -1.31. The van der Waals surface area contributed by atoms with Gasteiger partial charge in [0.2, 0.25) is 5.91 Å². The summed E-state index contributed by atoms with van der Waals surface area (Å²) in [6.45, 7) is 2.09. The fraction of sp³-hybridized carbons (Fsp3) is 0.300. The smallest absolute Gasteiger partial charge is 0.228 e. The largest absolute Gasteiger partial charge is 0.326 e. The fourth-order valence-electron chi connectivity index (χ4n) is 1.54. The fourth-order valence-corrected chi connectivity index (χ4v) is 1.54. The number of rotatable bonds is 0. The lowest BCUT2D eigenvalue weighted by molar-refractivity contribution is -0.118. The van der Waals surface area contributed by atoms with Crippen LogP contribution in [0, 0.1) is 0 Å². The van der Waals surface area contributed by atoms with Gasteiger partial charge in [-0.05, 0) is 25.0 Å². The van der Waals surface area contributed by atoms with E-state index in [1.807, 2.05) is 6.08 Å². The van der Waals surface area contributed by atoms with Crippen LogP contribution in [0.4, 0.5) is 0 Å². The SMILES string of the molecule is CC1=CC2=C(C=CC1)NC(=O)C2. The molecule has 2 aliphatic rings. The van der Waals surface area contributed by atoms with Gasteiger partial charge < -0.3 is 5.32 Å². The maximum atomic E-state index is 11.0. The van der Waals surface area contributed by atoms with E-state index in [9.17, 15) is 4.79 Å². The first-order chi connectivity index (χ1) is 5.75. The Morgan fingerprint density at radius 1 is 1.50 bits per heavy atom. The second-order valence-corrected chi connectivity index (χ2v) is 3.26. The summed E-state index contributed by atoms with van der Waals surface area (Å²) in [5.74, 6) is 0.107. The van der Waals surface area contributed by atoms with Crippen LogP contribution in [0.15, 0.2) is 35.1 Å². The van der Waals surface area contributed by atoms with Gasteiger partial charge in [0.25, 0.3) is 0 Å². The van der Waals surface area contributed by atoms with Gasteiger partial charge in [0.15, 0.2) is 0 Å². The molecule has 1 amide bonds. The zero-order valence-electron chi connectivity index (χ0n) is 7.05. The third-order valence-corrected chi connectivity index (χ3v) is 2.12. The summed E-state index contributed by atoms with van der Waals surface area (Å²) in [6.07, 6.45) is 7.71. The van der Waals surface area contributed by atoms with Gasteiger partial charge in [-0.3, -0.25) is 4.79 Å². The molecule has 1 aliphatic heterocycles. The molecule has 0 unspecified atom stereocenters. The van der Waals surface area contributed by atoms with Gasteiger partial charge >= 0.3 is 0 Å². The van der Waals surface area contributed by atoms with Crippen LogP contribution in [-0.4, -0.2) is 5.91 Å². The standard InChI is InChI=1S/C10H11NO/c1-7-3-2-4-9-8(5-7)6-10(12)11-9/h2,4-5H,3,6H2,1H3,(H,11,12).